The molecule has 1 amide bonds. The minimum atomic E-state index is -3.84. The number of carbonyl (C=O) groups excluding carboxylic acids is 1. The van der Waals surface area contributed by atoms with E-state index in [1.165, 1.54) is 19.2 Å². The molecule has 2 aromatic rings. The van der Waals surface area contributed by atoms with E-state index in [0.29, 0.717) is 13.1 Å². The molecule has 0 fully saturated rings. The normalized spacial score (nSPS) is 11.7. The first-order valence-corrected chi connectivity index (χ1v) is 10.9. The molecule has 158 valence electrons. The molecule has 0 spiro atoms. The lowest BCUT2D eigenvalue weighted by molar-refractivity contribution is 0.0953. The van der Waals surface area contributed by atoms with Crippen molar-refractivity contribution in [2.45, 2.75) is 37.6 Å². The Morgan fingerprint density at radius 1 is 1.03 bits per heavy atom. The van der Waals surface area contributed by atoms with Gasteiger partial charge in [-0.05, 0) is 57.5 Å². The molecule has 0 aliphatic rings. The summed E-state index contributed by atoms with van der Waals surface area (Å²) in [6.45, 7) is 6.42. The first kappa shape index (κ1) is 22.7. The lowest BCUT2D eigenvalue weighted by atomic mass is 10.1. The summed E-state index contributed by atoms with van der Waals surface area (Å²) in [7, 11) is -2.45. The molecule has 8 heteroatoms. The number of anilines is 1. The van der Waals surface area contributed by atoms with Gasteiger partial charge < -0.3 is 15.4 Å². The molecule has 0 unspecified atom stereocenters. The molecular formula is C21H29N3O4S. The SMILES string of the molecule is COc1ccc(C(=O)NCCCNc2ccccc2)cc1S(=O)(=O)NC(C)(C)C. The Balaban J connectivity index is 2.00. The van der Waals surface area contributed by atoms with Crippen LogP contribution in [0.3, 0.4) is 0 Å². The molecule has 7 nitrogen and oxygen atoms in total. The van der Waals surface area contributed by atoms with Gasteiger partial charge in [0.25, 0.3) is 5.91 Å². The van der Waals surface area contributed by atoms with E-state index in [4.69, 9.17) is 4.74 Å². The molecular weight excluding hydrogens is 390 g/mol. The molecule has 2 aromatic carbocycles. The fourth-order valence-electron chi connectivity index (χ4n) is 2.67. The summed E-state index contributed by atoms with van der Waals surface area (Å²) >= 11 is 0. The monoisotopic (exact) mass is 419 g/mol. The summed E-state index contributed by atoms with van der Waals surface area (Å²) in [5, 5.41) is 6.08. The Morgan fingerprint density at radius 2 is 1.72 bits per heavy atom. The van der Waals surface area contributed by atoms with Crippen molar-refractivity contribution in [2.75, 3.05) is 25.5 Å². The van der Waals surface area contributed by atoms with Gasteiger partial charge in [-0.15, -0.1) is 0 Å². The van der Waals surface area contributed by atoms with Gasteiger partial charge in [0, 0.05) is 29.9 Å². The molecule has 0 bridgehead atoms. The number of amides is 1. The van der Waals surface area contributed by atoms with Crippen LogP contribution in [0.15, 0.2) is 53.4 Å². The Morgan fingerprint density at radius 3 is 2.34 bits per heavy atom. The van der Waals surface area contributed by atoms with Crippen molar-refractivity contribution in [1.29, 1.82) is 0 Å². The smallest absolute Gasteiger partial charge is 0.251 e. The van der Waals surface area contributed by atoms with Crippen LogP contribution in [0.5, 0.6) is 5.75 Å². The second kappa shape index (κ2) is 9.76. The average molecular weight is 420 g/mol. The molecule has 0 aliphatic heterocycles. The van der Waals surface area contributed by atoms with Crippen molar-refractivity contribution >= 4 is 21.6 Å². The van der Waals surface area contributed by atoms with Gasteiger partial charge in [-0.1, -0.05) is 18.2 Å². The van der Waals surface area contributed by atoms with Crippen LogP contribution in [0.25, 0.3) is 0 Å². The maximum atomic E-state index is 12.7. The standard InChI is InChI=1S/C21H29N3O4S/c1-21(2,3)24-29(26,27)19-15-16(11-12-18(19)28-4)20(25)23-14-8-13-22-17-9-6-5-7-10-17/h5-7,9-12,15,22,24H,8,13-14H2,1-4H3,(H,23,25). The van der Waals surface area contributed by atoms with Crippen molar-refractivity contribution in [3.05, 3.63) is 54.1 Å². The summed E-state index contributed by atoms with van der Waals surface area (Å²) in [4.78, 5) is 12.4. The molecule has 0 aromatic heterocycles. The lowest BCUT2D eigenvalue weighted by Gasteiger charge is -2.21. The van der Waals surface area contributed by atoms with E-state index < -0.39 is 15.6 Å². The largest absolute Gasteiger partial charge is 0.495 e. The number of ether oxygens (including phenoxy) is 1. The zero-order valence-corrected chi connectivity index (χ0v) is 18.1. The molecule has 0 atom stereocenters. The Labute approximate surface area is 172 Å². The molecule has 0 aliphatic carbocycles. The van der Waals surface area contributed by atoms with Crippen LogP contribution in [-0.2, 0) is 10.0 Å². The number of rotatable bonds is 9. The first-order valence-electron chi connectivity index (χ1n) is 9.41. The fraction of sp³-hybridized carbons (Fsp3) is 0.381. The summed E-state index contributed by atoms with van der Waals surface area (Å²) in [6.07, 6.45) is 0.730. The van der Waals surface area contributed by atoms with Gasteiger partial charge in [0.05, 0.1) is 7.11 Å². The van der Waals surface area contributed by atoms with Gasteiger partial charge in [-0.25, -0.2) is 13.1 Å². The van der Waals surface area contributed by atoms with E-state index >= 15 is 0 Å². The Hall–Kier alpha value is -2.58. The van der Waals surface area contributed by atoms with Gasteiger partial charge in [0.2, 0.25) is 10.0 Å². The summed E-state index contributed by atoms with van der Waals surface area (Å²) in [6, 6.07) is 14.2. The number of hydrogen-bond donors (Lipinski definition) is 3. The number of para-hydroxylation sites is 1. The fourth-order valence-corrected chi connectivity index (χ4v) is 4.28. The van der Waals surface area contributed by atoms with Crippen LogP contribution >= 0.6 is 0 Å². The van der Waals surface area contributed by atoms with Crippen molar-refractivity contribution in [2.24, 2.45) is 0 Å². The Kier molecular flexibility index (Phi) is 7.64. The highest BCUT2D eigenvalue weighted by Gasteiger charge is 2.26. The minimum absolute atomic E-state index is 0.0617. The van der Waals surface area contributed by atoms with Gasteiger partial charge in [0.15, 0.2) is 0 Å². The number of benzene rings is 2. The van der Waals surface area contributed by atoms with E-state index in [9.17, 15) is 13.2 Å². The molecule has 0 heterocycles. The maximum Gasteiger partial charge on any atom is 0.251 e. The zero-order valence-electron chi connectivity index (χ0n) is 17.3. The highest BCUT2D eigenvalue weighted by atomic mass is 32.2. The van der Waals surface area contributed by atoms with Crippen LogP contribution in [0.2, 0.25) is 0 Å². The number of sulfonamides is 1. The highest BCUT2D eigenvalue weighted by molar-refractivity contribution is 7.89. The third-order valence-electron chi connectivity index (χ3n) is 3.90. The second-order valence-electron chi connectivity index (χ2n) is 7.62. The number of hydrogen-bond acceptors (Lipinski definition) is 5. The third-order valence-corrected chi connectivity index (χ3v) is 5.68. The number of carbonyl (C=O) groups is 1. The quantitative estimate of drug-likeness (QED) is 0.543. The van der Waals surface area contributed by atoms with E-state index in [1.807, 2.05) is 30.3 Å². The van der Waals surface area contributed by atoms with Crippen molar-refractivity contribution in [1.82, 2.24) is 10.0 Å². The van der Waals surface area contributed by atoms with Gasteiger partial charge in [0.1, 0.15) is 10.6 Å². The minimum Gasteiger partial charge on any atom is -0.495 e. The number of methoxy groups -OCH3 is 1. The van der Waals surface area contributed by atoms with E-state index in [2.05, 4.69) is 15.4 Å². The summed E-state index contributed by atoms with van der Waals surface area (Å²) in [5.41, 5.74) is 0.625. The van der Waals surface area contributed by atoms with Crippen LogP contribution in [0, 0.1) is 0 Å². The molecule has 0 saturated carbocycles. The van der Waals surface area contributed by atoms with Crippen molar-refractivity contribution in [3.8, 4) is 5.75 Å². The van der Waals surface area contributed by atoms with Crippen molar-refractivity contribution < 1.29 is 17.9 Å². The Bertz CT molecular complexity index is 923. The van der Waals surface area contributed by atoms with E-state index in [1.54, 1.807) is 26.8 Å². The summed E-state index contributed by atoms with van der Waals surface area (Å²) in [5.74, 6) is -0.148. The zero-order chi connectivity index (χ0) is 21.5. The summed E-state index contributed by atoms with van der Waals surface area (Å²) < 4.78 is 33.2. The maximum absolute atomic E-state index is 12.7. The third kappa shape index (κ3) is 7.07. The van der Waals surface area contributed by atoms with Crippen LogP contribution in [-0.4, -0.2) is 40.1 Å². The molecule has 29 heavy (non-hydrogen) atoms. The van der Waals surface area contributed by atoms with Gasteiger partial charge >= 0.3 is 0 Å². The van der Waals surface area contributed by atoms with Crippen molar-refractivity contribution in [3.63, 3.8) is 0 Å². The topological polar surface area (TPSA) is 96.5 Å². The molecule has 3 N–H and O–H groups in total. The van der Waals surface area contributed by atoms with Gasteiger partial charge in [-0.2, -0.15) is 0 Å². The molecule has 0 radical (unpaired) electrons. The van der Waals surface area contributed by atoms with Crippen LogP contribution < -0.4 is 20.1 Å². The van der Waals surface area contributed by atoms with Gasteiger partial charge in [-0.3, -0.25) is 4.79 Å². The van der Waals surface area contributed by atoms with Crippen LogP contribution in [0.1, 0.15) is 37.6 Å². The highest BCUT2D eigenvalue weighted by Crippen LogP contribution is 2.26. The number of nitrogens with one attached hydrogen (secondary N) is 3. The van der Waals surface area contributed by atoms with E-state index in [0.717, 1.165) is 12.1 Å². The first-order chi connectivity index (χ1) is 13.6. The average Bonchev–Trinajstić information content (AvgIpc) is 2.66. The molecule has 2 rings (SSSR count). The second-order valence-corrected chi connectivity index (χ2v) is 9.27. The van der Waals surface area contributed by atoms with Crippen LogP contribution in [0.4, 0.5) is 5.69 Å². The van der Waals surface area contributed by atoms with E-state index in [-0.39, 0.29) is 22.1 Å². The lowest BCUT2D eigenvalue weighted by Crippen LogP contribution is -2.40. The predicted octanol–water partition coefficient (Wildman–Crippen LogP) is 3.00. The predicted molar refractivity (Wildman–Crippen MR) is 115 cm³/mol. The molecule has 0 saturated heterocycles.